The average molecular weight is 444 g/mol. The number of aromatic amines is 1. The molecule has 33 heavy (non-hydrogen) atoms. The van der Waals surface area contributed by atoms with E-state index in [4.69, 9.17) is 4.52 Å². The first-order valence-corrected chi connectivity index (χ1v) is 11.0. The van der Waals surface area contributed by atoms with Crippen molar-refractivity contribution in [2.24, 2.45) is 0 Å². The maximum absolute atomic E-state index is 12.5. The Kier molecular flexibility index (Phi) is 5.91. The minimum absolute atomic E-state index is 0.0570. The molecule has 0 unspecified atom stereocenters. The molecular weight excluding hydrogens is 418 g/mol. The standard InChI is InChI=1S/C25H25N5O3/c31-22-8-4-1-5-18(22)9-10-25(32)30-13-11-29(12-14-30)17-23-27-24(33-28-23)15-19-16-26-21-7-3-2-6-20(19)21/h1-10,16,26,31H,11-15,17H2/b10-9+. The van der Waals surface area contributed by atoms with Gasteiger partial charge in [-0.25, -0.2) is 0 Å². The van der Waals surface area contributed by atoms with Gasteiger partial charge in [-0.3, -0.25) is 9.69 Å². The minimum Gasteiger partial charge on any atom is -0.507 e. The summed E-state index contributed by atoms with van der Waals surface area (Å²) >= 11 is 0. The summed E-state index contributed by atoms with van der Waals surface area (Å²) in [6.45, 7) is 3.33. The lowest BCUT2D eigenvalue weighted by Gasteiger charge is -2.33. The molecule has 0 saturated carbocycles. The highest BCUT2D eigenvalue weighted by atomic mass is 16.5. The molecule has 4 aromatic rings. The number of phenolic OH excluding ortho intramolecular Hbond substituents is 1. The molecule has 0 aliphatic carbocycles. The Balaban J connectivity index is 1.13. The van der Waals surface area contributed by atoms with Gasteiger partial charge in [0, 0.05) is 54.9 Å². The number of phenols is 1. The summed E-state index contributed by atoms with van der Waals surface area (Å²) in [7, 11) is 0. The Morgan fingerprint density at radius 2 is 1.88 bits per heavy atom. The number of hydrogen-bond donors (Lipinski definition) is 2. The van der Waals surface area contributed by atoms with Gasteiger partial charge in [-0.15, -0.1) is 0 Å². The van der Waals surface area contributed by atoms with Gasteiger partial charge < -0.3 is 19.5 Å². The maximum atomic E-state index is 12.5. The summed E-state index contributed by atoms with van der Waals surface area (Å²) in [6, 6.07) is 15.1. The average Bonchev–Trinajstić information content (AvgIpc) is 3.46. The Morgan fingerprint density at radius 1 is 1.09 bits per heavy atom. The monoisotopic (exact) mass is 443 g/mol. The van der Waals surface area contributed by atoms with E-state index in [2.05, 4.69) is 26.1 Å². The number of aromatic nitrogens is 3. The van der Waals surface area contributed by atoms with Crippen molar-refractivity contribution in [2.75, 3.05) is 26.2 Å². The van der Waals surface area contributed by atoms with Gasteiger partial charge in [0.25, 0.3) is 0 Å². The van der Waals surface area contributed by atoms with E-state index < -0.39 is 0 Å². The largest absolute Gasteiger partial charge is 0.507 e. The first-order valence-electron chi connectivity index (χ1n) is 11.0. The predicted octanol–water partition coefficient (Wildman–Crippen LogP) is 3.20. The molecule has 1 saturated heterocycles. The van der Waals surface area contributed by atoms with Crippen LogP contribution in [0.5, 0.6) is 5.75 Å². The van der Waals surface area contributed by atoms with Crippen molar-refractivity contribution < 1.29 is 14.4 Å². The molecule has 1 aliphatic heterocycles. The number of para-hydroxylation sites is 2. The van der Waals surface area contributed by atoms with E-state index in [0.717, 1.165) is 29.6 Å². The van der Waals surface area contributed by atoms with Crippen LogP contribution in [0.15, 0.2) is 65.3 Å². The molecule has 1 fully saturated rings. The van der Waals surface area contributed by atoms with Crippen molar-refractivity contribution >= 4 is 22.9 Å². The Morgan fingerprint density at radius 3 is 2.73 bits per heavy atom. The van der Waals surface area contributed by atoms with Gasteiger partial charge in [-0.05, 0) is 23.8 Å². The highest BCUT2D eigenvalue weighted by Crippen LogP contribution is 2.20. The second-order valence-corrected chi connectivity index (χ2v) is 8.13. The number of carbonyl (C=O) groups excluding carboxylic acids is 1. The van der Waals surface area contributed by atoms with Crippen LogP contribution >= 0.6 is 0 Å². The minimum atomic E-state index is -0.0570. The summed E-state index contributed by atoms with van der Waals surface area (Å²) in [6.07, 6.45) is 5.74. The van der Waals surface area contributed by atoms with Crippen LogP contribution in [0.1, 0.15) is 22.8 Å². The molecule has 0 bridgehead atoms. The van der Waals surface area contributed by atoms with E-state index in [1.165, 1.54) is 6.08 Å². The van der Waals surface area contributed by atoms with Crippen LogP contribution in [0, 0.1) is 0 Å². The summed E-state index contributed by atoms with van der Waals surface area (Å²) in [5, 5.41) is 15.1. The zero-order chi connectivity index (χ0) is 22.6. The molecule has 2 aromatic heterocycles. The van der Waals surface area contributed by atoms with Crippen molar-refractivity contribution in [3.63, 3.8) is 0 Å². The molecule has 2 N–H and O–H groups in total. The van der Waals surface area contributed by atoms with Gasteiger partial charge in [0.1, 0.15) is 5.75 Å². The lowest BCUT2D eigenvalue weighted by Crippen LogP contribution is -2.47. The molecule has 8 nitrogen and oxygen atoms in total. The number of hydrogen-bond acceptors (Lipinski definition) is 6. The Labute approximate surface area is 191 Å². The number of carbonyl (C=O) groups is 1. The molecule has 8 heteroatoms. The predicted molar refractivity (Wildman–Crippen MR) is 124 cm³/mol. The van der Waals surface area contributed by atoms with E-state index in [9.17, 15) is 9.90 Å². The van der Waals surface area contributed by atoms with Gasteiger partial charge in [-0.2, -0.15) is 4.98 Å². The van der Waals surface area contributed by atoms with E-state index in [1.54, 1.807) is 24.3 Å². The Bertz CT molecular complexity index is 1280. The number of H-pyrrole nitrogens is 1. The summed E-state index contributed by atoms with van der Waals surface area (Å²) in [4.78, 5) is 24.4. The number of benzene rings is 2. The normalized spacial score (nSPS) is 15.0. The lowest BCUT2D eigenvalue weighted by molar-refractivity contribution is -0.127. The van der Waals surface area contributed by atoms with Crippen LogP contribution in [-0.2, 0) is 17.8 Å². The second-order valence-electron chi connectivity index (χ2n) is 8.13. The molecule has 0 spiro atoms. The molecule has 2 aromatic carbocycles. The zero-order valence-corrected chi connectivity index (χ0v) is 18.1. The SMILES string of the molecule is O=C(/C=C/c1ccccc1O)N1CCN(Cc2noc(Cc3c[nH]c4ccccc34)n2)CC1. The third-order valence-electron chi connectivity index (χ3n) is 5.92. The van der Waals surface area contributed by atoms with Gasteiger partial charge in [0.2, 0.25) is 11.8 Å². The molecule has 168 valence electrons. The summed E-state index contributed by atoms with van der Waals surface area (Å²) in [5.41, 5.74) is 2.85. The molecule has 3 heterocycles. The number of fused-ring (bicyclic) bond motifs is 1. The third-order valence-corrected chi connectivity index (χ3v) is 5.92. The zero-order valence-electron chi connectivity index (χ0n) is 18.1. The van der Waals surface area contributed by atoms with Crippen molar-refractivity contribution in [2.45, 2.75) is 13.0 Å². The molecule has 0 radical (unpaired) electrons. The molecule has 0 atom stereocenters. The molecule has 1 aliphatic rings. The number of nitrogens with one attached hydrogen (secondary N) is 1. The van der Waals surface area contributed by atoms with E-state index in [1.807, 2.05) is 35.4 Å². The number of amides is 1. The van der Waals surface area contributed by atoms with E-state index in [-0.39, 0.29) is 11.7 Å². The first kappa shape index (κ1) is 21.0. The number of rotatable bonds is 6. The summed E-state index contributed by atoms with van der Waals surface area (Å²) in [5.74, 6) is 1.36. The van der Waals surface area contributed by atoms with Crippen LogP contribution in [0.3, 0.4) is 0 Å². The summed E-state index contributed by atoms with van der Waals surface area (Å²) < 4.78 is 5.48. The number of aromatic hydroxyl groups is 1. The van der Waals surface area contributed by atoms with Crippen LogP contribution in [0.2, 0.25) is 0 Å². The quantitative estimate of drug-likeness (QED) is 0.444. The fourth-order valence-electron chi connectivity index (χ4n) is 4.09. The molecular formula is C25H25N5O3. The first-order chi connectivity index (χ1) is 16.2. The van der Waals surface area contributed by atoms with Crippen LogP contribution in [0.4, 0.5) is 0 Å². The number of nitrogens with zero attached hydrogens (tertiary/aromatic N) is 4. The van der Waals surface area contributed by atoms with Gasteiger partial charge in [-0.1, -0.05) is 41.6 Å². The van der Waals surface area contributed by atoms with E-state index >= 15 is 0 Å². The van der Waals surface area contributed by atoms with Crippen molar-refractivity contribution in [3.8, 4) is 5.75 Å². The highest BCUT2D eigenvalue weighted by Gasteiger charge is 2.21. The van der Waals surface area contributed by atoms with Gasteiger partial charge in [0.05, 0.1) is 13.0 Å². The highest BCUT2D eigenvalue weighted by molar-refractivity contribution is 5.92. The van der Waals surface area contributed by atoms with Crippen molar-refractivity contribution in [3.05, 3.63) is 83.6 Å². The van der Waals surface area contributed by atoms with Crippen molar-refractivity contribution in [1.82, 2.24) is 24.9 Å². The van der Waals surface area contributed by atoms with Crippen LogP contribution in [0.25, 0.3) is 17.0 Å². The van der Waals surface area contributed by atoms with E-state index in [0.29, 0.717) is 43.3 Å². The second kappa shape index (κ2) is 9.30. The smallest absolute Gasteiger partial charge is 0.246 e. The van der Waals surface area contributed by atoms with Crippen molar-refractivity contribution in [1.29, 1.82) is 0 Å². The molecule has 5 rings (SSSR count). The molecule has 1 amide bonds. The van der Waals surface area contributed by atoms with Gasteiger partial charge >= 0.3 is 0 Å². The van der Waals surface area contributed by atoms with Crippen LogP contribution < -0.4 is 0 Å². The van der Waals surface area contributed by atoms with Gasteiger partial charge in [0.15, 0.2) is 5.82 Å². The van der Waals surface area contributed by atoms with Crippen LogP contribution in [-0.4, -0.2) is 62.1 Å². The fraction of sp³-hybridized carbons (Fsp3) is 0.240. The Hall–Kier alpha value is -3.91. The lowest BCUT2D eigenvalue weighted by atomic mass is 10.1. The fourth-order valence-corrected chi connectivity index (χ4v) is 4.09. The topological polar surface area (TPSA) is 98.5 Å². The maximum Gasteiger partial charge on any atom is 0.246 e. The number of piperazine rings is 1. The third kappa shape index (κ3) is 4.80.